The van der Waals surface area contributed by atoms with E-state index in [2.05, 4.69) is 4.99 Å². The summed E-state index contributed by atoms with van der Waals surface area (Å²) in [4.78, 5) is 15.8. The Balaban J connectivity index is 3.04. The van der Waals surface area contributed by atoms with Gasteiger partial charge in [0.1, 0.15) is 11.9 Å². The second-order valence-electron chi connectivity index (χ2n) is 4.28. The van der Waals surface area contributed by atoms with Crippen LogP contribution in [0.2, 0.25) is 0 Å². The first-order chi connectivity index (χ1) is 7.53. The molecule has 0 aromatic rings. The van der Waals surface area contributed by atoms with Gasteiger partial charge in [0.15, 0.2) is 0 Å². The smallest absolute Gasteiger partial charge is 0.138 e. The maximum atomic E-state index is 11.7. The summed E-state index contributed by atoms with van der Waals surface area (Å²) in [6.07, 6.45) is 1.01. The normalized spacial score (nSPS) is 39.4. The van der Waals surface area contributed by atoms with E-state index in [-0.39, 0.29) is 11.8 Å². The summed E-state index contributed by atoms with van der Waals surface area (Å²) < 4.78 is 5.22. The molecule has 3 N–H and O–H groups in total. The first kappa shape index (κ1) is 13.1. The lowest BCUT2D eigenvalue weighted by Crippen LogP contribution is -2.41. The first-order valence-corrected chi connectivity index (χ1v) is 5.48. The SMILES string of the molecule is CCC1(C(C)=O)CC(N=CN)C(OC)C1O. The van der Waals surface area contributed by atoms with Gasteiger partial charge in [-0.1, -0.05) is 6.92 Å². The molecule has 5 nitrogen and oxygen atoms in total. The second-order valence-corrected chi connectivity index (χ2v) is 4.28. The van der Waals surface area contributed by atoms with Gasteiger partial charge in [-0.3, -0.25) is 9.79 Å². The number of aliphatic hydroxyl groups is 1. The van der Waals surface area contributed by atoms with E-state index in [1.54, 1.807) is 0 Å². The van der Waals surface area contributed by atoms with Crippen LogP contribution < -0.4 is 5.73 Å². The van der Waals surface area contributed by atoms with Crippen molar-refractivity contribution in [2.45, 2.75) is 44.9 Å². The highest BCUT2D eigenvalue weighted by Gasteiger charge is 2.55. The summed E-state index contributed by atoms with van der Waals surface area (Å²) in [7, 11) is 1.51. The summed E-state index contributed by atoms with van der Waals surface area (Å²) in [6.45, 7) is 3.40. The third kappa shape index (κ3) is 1.85. The van der Waals surface area contributed by atoms with E-state index >= 15 is 0 Å². The second kappa shape index (κ2) is 4.93. The monoisotopic (exact) mass is 228 g/mol. The molecule has 1 rings (SSSR count). The standard InChI is InChI=1S/C11H20N2O3/c1-4-11(7(2)14)5-8(13-6-12)9(16-3)10(11)15/h6,8-10,15H,4-5H2,1-3H3,(H2,12,13). The number of ether oxygens (including phenoxy) is 1. The molecule has 0 aromatic heterocycles. The Kier molecular flexibility index (Phi) is 4.04. The van der Waals surface area contributed by atoms with Crippen molar-refractivity contribution in [1.29, 1.82) is 0 Å². The number of nitrogens with zero attached hydrogens (tertiary/aromatic N) is 1. The number of Topliss-reactive ketones (excluding diaryl/α,β-unsaturated/α-hetero) is 1. The minimum Gasteiger partial charge on any atom is -0.390 e. The first-order valence-electron chi connectivity index (χ1n) is 5.48. The van der Waals surface area contributed by atoms with Gasteiger partial charge in [0, 0.05) is 7.11 Å². The Morgan fingerprint density at radius 1 is 1.75 bits per heavy atom. The van der Waals surface area contributed by atoms with Crippen LogP contribution in [0.5, 0.6) is 0 Å². The third-order valence-electron chi connectivity index (χ3n) is 3.71. The van der Waals surface area contributed by atoms with Crippen LogP contribution in [0.1, 0.15) is 26.7 Å². The highest BCUT2D eigenvalue weighted by Crippen LogP contribution is 2.44. The van der Waals surface area contributed by atoms with E-state index < -0.39 is 17.6 Å². The van der Waals surface area contributed by atoms with Crippen molar-refractivity contribution < 1.29 is 14.6 Å². The van der Waals surface area contributed by atoms with E-state index in [1.165, 1.54) is 20.4 Å². The molecule has 0 aromatic carbocycles. The summed E-state index contributed by atoms with van der Waals surface area (Å²) in [6, 6.07) is -0.242. The highest BCUT2D eigenvalue weighted by atomic mass is 16.5. The van der Waals surface area contributed by atoms with Crippen LogP contribution in [-0.2, 0) is 9.53 Å². The van der Waals surface area contributed by atoms with Gasteiger partial charge in [-0.25, -0.2) is 0 Å². The maximum absolute atomic E-state index is 11.7. The maximum Gasteiger partial charge on any atom is 0.138 e. The minimum absolute atomic E-state index is 0.0146. The Bertz CT molecular complexity index is 293. The number of hydrogen-bond acceptors (Lipinski definition) is 4. The number of carbonyl (C=O) groups is 1. The quantitative estimate of drug-likeness (QED) is 0.528. The van der Waals surface area contributed by atoms with E-state index in [9.17, 15) is 9.90 Å². The van der Waals surface area contributed by atoms with Crippen molar-refractivity contribution in [3.8, 4) is 0 Å². The van der Waals surface area contributed by atoms with Crippen LogP contribution in [0, 0.1) is 5.41 Å². The topological polar surface area (TPSA) is 84.9 Å². The fourth-order valence-corrected chi connectivity index (χ4v) is 2.62. The van der Waals surface area contributed by atoms with Gasteiger partial charge >= 0.3 is 0 Å². The summed E-state index contributed by atoms with van der Waals surface area (Å²) in [5.74, 6) is -0.0146. The predicted molar refractivity (Wildman–Crippen MR) is 61.3 cm³/mol. The van der Waals surface area contributed by atoms with Gasteiger partial charge in [0.05, 0.1) is 23.9 Å². The third-order valence-corrected chi connectivity index (χ3v) is 3.71. The lowest BCUT2D eigenvalue weighted by Gasteiger charge is -2.29. The van der Waals surface area contributed by atoms with Crippen LogP contribution in [0.15, 0.2) is 4.99 Å². The molecular formula is C11H20N2O3. The molecule has 0 radical (unpaired) electrons. The van der Waals surface area contributed by atoms with Gasteiger partial charge in [0.25, 0.3) is 0 Å². The molecule has 92 valence electrons. The fourth-order valence-electron chi connectivity index (χ4n) is 2.62. The van der Waals surface area contributed by atoms with Crippen molar-refractivity contribution >= 4 is 12.1 Å². The van der Waals surface area contributed by atoms with Crippen molar-refractivity contribution in [2.75, 3.05) is 7.11 Å². The van der Waals surface area contributed by atoms with Crippen molar-refractivity contribution in [3.63, 3.8) is 0 Å². The molecular weight excluding hydrogens is 208 g/mol. The zero-order valence-corrected chi connectivity index (χ0v) is 10.0. The van der Waals surface area contributed by atoms with Crippen LogP contribution >= 0.6 is 0 Å². The lowest BCUT2D eigenvalue weighted by molar-refractivity contribution is -0.135. The number of hydrogen-bond donors (Lipinski definition) is 2. The summed E-state index contributed by atoms with van der Waals surface area (Å²) in [5, 5.41) is 10.2. The molecule has 1 aliphatic carbocycles. The van der Waals surface area contributed by atoms with Gasteiger partial charge in [-0.2, -0.15) is 0 Å². The molecule has 0 amide bonds. The average Bonchev–Trinajstić information content (AvgIpc) is 2.52. The van der Waals surface area contributed by atoms with Gasteiger partial charge in [-0.05, 0) is 19.8 Å². The number of aliphatic imine (C=N–C) groups is 1. The molecule has 0 spiro atoms. The number of nitrogens with two attached hydrogens (primary N) is 1. The summed E-state index contributed by atoms with van der Waals surface area (Å²) >= 11 is 0. The molecule has 16 heavy (non-hydrogen) atoms. The van der Waals surface area contributed by atoms with Crippen LogP contribution in [0.3, 0.4) is 0 Å². The van der Waals surface area contributed by atoms with Gasteiger partial charge in [0.2, 0.25) is 0 Å². The van der Waals surface area contributed by atoms with Crippen LogP contribution in [-0.4, -0.2) is 42.6 Å². The van der Waals surface area contributed by atoms with Crippen LogP contribution in [0.4, 0.5) is 0 Å². The Morgan fingerprint density at radius 2 is 2.38 bits per heavy atom. The summed E-state index contributed by atoms with van der Waals surface area (Å²) in [5.41, 5.74) is 4.52. The predicted octanol–water partition coefficient (Wildman–Crippen LogP) is 0.107. The molecule has 4 unspecified atom stereocenters. The number of aliphatic hydroxyl groups excluding tert-OH is 1. The van der Waals surface area contributed by atoms with Crippen molar-refractivity contribution in [2.24, 2.45) is 16.1 Å². The van der Waals surface area contributed by atoms with Gasteiger partial charge in [-0.15, -0.1) is 0 Å². The van der Waals surface area contributed by atoms with E-state index in [0.717, 1.165) is 0 Å². The zero-order valence-electron chi connectivity index (χ0n) is 10.0. The number of ketones is 1. The molecule has 1 saturated carbocycles. The molecule has 5 heteroatoms. The molecule has 0 saturated heterocycles. The average molecular weight is 228 g/mol. The van der Waals surface area contributed by atoms with E-state index in [0.29, 0.717) is 12.8 Å². The van der Waals surface area contributed by atoms with Crippen LogP contribution in [0.25, 0.3) is 0 Å². The lowest BCUT2D eigenvalue weighted by atomic mass is 9.77. The Labute approximate surface area is 95.7 Å². The molecule has 0 aliphatic heterocycles. The number of rotatable bonds is 4. The van der Waals surface area contributed by atoms with Gasteiger partial charge < -0.3 is 15.6 Å². The van der Waals surface area contributed by atoms with Crippen molar-refractivity contribution in [3.05, 3.63) is 0 Å². The Morgan fingerprint density at radius 3 is 2.75 bits per heavy atom. The fraction of sp³-hybridized carbons (Fsp3) is 0.818. The number of carbonyl (C=O) groups excluding carboxylic acids is 1. The minimum atomic E-state index is -0.811. The number of methoxy groups -OCH3 is 1. The van der Waals surface area contributed by atoms with E-state index in [1.807, 2.05) is 6.92 Å². The van der Waals surface area contributed by atoms with E-state index in [4.69, 9.17) is 10.5 Å². The molecule has 0 bridgehead atoms. The molecule has 1 fully saturated rings. The largest absolute Gasteiger partial charge is 0.390 e. The molecule has 4 atom stereocenters. The zero-order chi connectivity index (χ0) is 12.3. The molecule has 1 aliphatic rings. The van der Waals surface area contributed by atoms with Crippen molar-refractivity contribution in [1.82, 2.24) is 0 Å². The highest BCUT2D eigenvalue weighted by molar-refractivity contribution is 5.83. The molecule has 0 heterocycles. The Hall–Kier alpha value is -0.940.